The van der Waals surface area contributed by atoms with Crippen molar-refractivity contribution in [2.75, 3.05) is 31.6 Å². The number of nitrogens with two attached hydrogens (primary N) is 1. The molecule has 0 spiro atoms. The number of rotatable bonds is 11. The number of benzene rings is 4. The van der Waals surface area contributed by atoms with Gasteiger partial charge in [0.2, 0.25) is 5.91 Å². The number of hydrogen-bond acceptors (Lipinski definition) is 5. The minimum absolute atomic E-state index is 0.183. The summed E-state index contributed by atoms with van der Waals surface area (Å²) < 4.78 is 7.30. The molecule has 2 heterocycles. The molecular formula is C36H37N3O2S. The molecule has 1 aliphatic heterocycles. The molecule has 5 nitrogen and oxygen atoms in total. The summed E-state index contributed by atoms with van der Waals surface area (Å²) >= 11 is 1.81. The molecule has 0 unspecified atom stereocenters. The number of likely N-dealkylation sites (tertiary alicyclic amines) is 1. The van der Waals surface area contributed by atoms with Crippen LogP contribution in [0.25, 0.3) is 20.5 Å². The Labute approximate surface area is 251 Å². The first kappa shape index (κ1) is 28.2. The molecule has 5 aromatic rings. The van der Waals surface area contributed by atoms with Crippen LogP contribution in [0.5, 0.6) is 5.75 Å². The van der Waals surface area contributed by atoms with Crippen molar-refractivity contribution in [1.29, 1.82) is 0 Å². The van der Waals surface area contributed by atoms with E-state index < -0.39 is 6.04 Å². The van der Waals surface area contributed by atoms with Gasteiger partial charge in [0, 0.05) is 21.8 Å². The third kappa shape index (κ3) is 6.90. The van der Waals surface area contributed by atoms with E-state index in [1.54, 1.807) is 0 Å². The van der Waals surface area contributed by atoms with Crippen molar-refractivity contribution >= 4 is 33.0 Å². The van der Waals surface area contributed by atoms with Crippen molar-refractivity contribution in [3.8, 4) is 16.2 Å². The first-order chi connectivity index (χ1) is 20.6. The lowest BCUT2D eigenvalue weighted by molar-refractivity contribution is -0.117. The van der Waals surface area contributed by atoms with Crippen LogP contribution in [0.2, 0.25) is 0 Å². The highest BCUT2D eigenvalue weighted by Gasteiger charge is 2.17. The lowest BCUT2D eigenvalue weighted by atomic mass is 9.99. The van der Waals surface area contributed by atoms with Crippen LogP contribution in [0, 0.1) is 0 Å². The summed E-state index contributed by atoms with van der Waals surface area (Å²) in [7, 11) is 0. The van der Waals surface area contributed by atoms with Gasteiger partial charge in [-0.15, -0.1) is 11.3 Å². The predicted octanol–water partition coefficient (Wildman–Crippen LogP) is 7.14. The van der Waals surface area contributed by atoms with E-state index in [-0.39, 0.29) is 5.91 Å². The molecule has 6 rings (SSSR count). The standard InChI is InChI=1S/C36H37N3O2S/c37-33(25-26-8-2-1-3-9-26)36(40)38-29-16-14-28(15-17-29)35-32(31-10-4-5-11-34(31)42-35)24-27-12-18-30(19-13-27)41-23-22-39-20-6-7-21-39/h1-5,8-19,33H,6-7,20-25,37H2,(H,38,40)/t33-/m0/s1. The Kier molecular flexibility index (Phi) is 8.95. The molecule has 0 saturated carbocycles. The van der Waals surface area contributed by atoms with Crippen LogP contribution in [-0.4, -0.2) is 43.1 Å². The van der Waals surface area contributed by atoms with Gasteiger partial charge in [0.1, 0.15) is 12.4 Å². The van der Waals surface area contributed by atoms with Crippen LogP contribution in [0.15, 0.2) is 103 Å². The Balaban J connectivity index is 1.14. The molecule has 0 aliphatic carbocycles. The summed E-state index contributed by atoms with van der Waals surface area (Å²) in [5.74, 6) is 0.743. The van der Waals surface area contributed by atoms with Gasteiger partial charge in [-0.3, -0.25) is 9.69 Å². The highest BCUT2D eigenvalue weighted by molar-refractivity contribution is 7.22. The van der Waals surface area contributed by atoms with Crippen molar-refractivity contribution in [2.24, 2.45) is 5.73 Å². The van der Waals surface area contributed by atoms with E-state index in [2.05, 4.69) is 70.9 Å². The number of anilines is 1. The van der Waals surface area contributed by atoms with Crippen molar-refractivity contribution in [2.45, 2.75) is 31.7 Å². The zero-order valence-corrected chi connectivity index (χ0v) is 24.6. The summed E-state index contributed by atoms with van der Waals surface area (Å²) in [4.78, 5) is 16.5. The maximum Gasteiger partial charge on any atom is 0.241 e. The highest BCUT2D eigenvalue weighted by Crippen LogP contribution is 2.40. The van der Waals surface area contributed by atoms with Gasteiger partial charge in [0.25, 0.3) is 0 Å². The minimum Gasteiger partial charge on any atom is -0.492 e. The van der Waals surface area contributed by atoms with Crippen LogP contribution in [0.1, 0.15) is 29.5 Å². The molecule has 42 heavy (non-hydrogen) atoms. The van der Waals surface area contributed by atoms with E-state index >= 15 is 0 Å². The fourth-order valence-corrected chi connectivity index (χ4v) is 6.84. The van der Waals surface area contributed by atoms with Gasteiger partial charge in [0.15, 0.2) is 0 Å². The van der Waals surface area contributed by atoms with Gasteiger partial charge in [-0.1, -0.05) is 72.8 Å². The number of carbonyl (C=O) groups is 1. The second kappa shape index (κ2) is 13.3. The Hall–Kier alpha value is -3.97. The average molecular weight is 576 g/mol. The van der Waals surface area contributed by atoms with E-state index in [9.17, 15) is 4.79 Å². The minimum atomic E-state index is -0.608. The molecule has 4 aromatic carbocycles. The summed E-state index contributed by atoms with van der Waals surface area (Å²) in [5.41, 5.74) is 11.7. The first-order valence-electron chi connectivity index (χ1n) is 14.8. The summed E-state index contributed by atoms with van der Waals surface area (Å²) in [5, 5.41) is 4.27. The van der Waals surface area contributed by atoms with E-state index in [1.807, 2.05) is 53.8 Å². The Bertz CT molecular complexity index is 1610. The van der Waals surface area contributed by atoms with Crippen LogP contribution < -0.4 is 15.8 Å². The molecule has 214 valence electrons. The molecule has 1 fully saturated rings. The van der Waals surface area contributed by atoms with Gasteiger partial charge in [-0.2, -0.15) is 0 Å². The molecule has 1 saturated heterocycles. The van der Waals surface area contributed by atoms with Gasteiger partial charge in [0.05, 0.1) is 6.04 Å². The second-order valence-electron chi connectivity index (χ2n) is 11.0. The molecule has 0 bridgehead atoms. The number of hydrogen-bond donors (Lipinski definition) is 2. The number of fused-ring (bicyclic) bond motifs is 1. The topological polar surface area (TPSA) is 67.6 Å². The van der Waals surface area contributed by atoms with Gasteiger partial charge in [-0.25, -0.2) is 0 Å². The van der Waals surface area contributed by atoms with E-state index in [0.29, 0.717) is 6.42 Å². The SMILES string of the molecule is N[C@@H](Cc1ccccc1)C(=O)Nc1ccc(-c2sc3ccccc3c2Cc2ccc(OCCN3CCCC3)cc2)cc1. The number of amides is 1. The monoisotopic (exact) mass is 575 g/mol. The van der Waals surface area contributed by atoms with Crippen molar-refractivity contribution in [3.05, 3.63) is 120 Å². The lowest BCUT2D eigenvalue weighted by Crippen LogP contribution is -2.37. The fourth-order valence-electron chi connectivity index (χ4n) is 5.61. The molecule has 1 atom stereocenters. The summed E-state index contributed by atoms with van der Waals surface area (Å²) in [6, 6.07) is 34.5. The fraction of sp³-hybridized carbons (Fsp3) is 0.250. The van der Waals surface area contributed by atoms with E-state index in [4.69, 9.17) is 10.5 Å². The molecule has 3 N–H and O–H groups in total. The van der Waals surface area contributed by atoms with Crippen LogP contribution >= 0.6 is 11.3 Å². The Morgan fingerprint density at radius 2 is 1.57 bits per heavy atom. The highest BCUT2D eigenvalue weighted by atomic mass is 32.1. The van der Waals surface area contributed by atoms with Gasteiger partial charge < -0.3 is 15.8 Å². The van der Waals surface area contributed by atoms with E-state index in [1.165, 1.54) is 52.0 Å². The van der Waals surface area contributed by atoms with Crippen LogP contribution in [0.4, 0.5) is 5.69 Å². The third-order valence-electron chi connectivity index (χ3n) is 7.93. The van der Waals surface area contributed by atoms with Crippen molar-refractivity contribution in [1.82, 2.24) is 4.90 Å². The molecule has 0 radical (unpaired) electrons. The smallest absolute Gasteiger partial charge is 0.241 e. The Morgan fingerprint density at radius 1 is 0.857 bits per heavy atom. The Morgan fingerprint density at radius 3 is 2.33 bits per heavy atom. The number of ether oxygens (including phenoxy) is 1. The second-order valence-corrected chi connectivity index (χ2v) is 12.0. The molecule has 1 amide bonds. The number of nitrogens with one attached hydrogen (secondary N) is 1. The maximum absolute atomic E-state index is 12.7. The zero-order chi connectivity index (χ0) is 28.7. The quantitative estimate of drug-likeness (QED) is 0.176. The van der Waals surface area contributed by atoms with Crippen LogP contribution in [0.3, 0.4) is 0 Å². The molecule has 6 heteroatoms. The average Bonchev–Trinajstić information content (AvgIpc) is 3.67. The lowest BCUT2D eigenvalue weighted by Gasteiger charge is -2.15. The summed E-state index contributed by atoms with van der Waals surface area (Å²) in [6.07, 6.45) is 3.94. The predicted molar refractivity (Wildman–Crippen MR) is 174 cm³/mol. The number of nitrogens with zero attached hydrogens (tertiary/aromatic N) is 1. The number of thiophene rings is 1. The van der Waals surface area contributed by atoms with Crippen molar-refractivity contribution < 1.29 is 9.53 Å². The molecule has 1 aromatic heterocycles. The van der Waals surface area contributed by atoms with Crippen LogP contribution in [-0.2, 0) is 17.6 Å². The van der Waals surface area contributed by atoms with E-state index in [0.717, 1.165) is 42.1 Å². The zero-order valence-electron chi connectivity index (χ0n) is 23.8. The molecule has 1 aliphatic rings. The first-order valence-corrected chi connectivity index (χ1v) is 15.6. The molecular weight excluding hydrogens is 538 g/mol. The van der Waals surface area contributed by atoms with Gasteiger partial charge >= 0.3 is 0 Å². The van der Waals surface area contributed by atoms with Crippen molar-refractivity contribution in [3.63, 3.8) is 0 Å². The normalized spacial score (nSPS) is 14.2. The maximum atomic E-state index is 12.7. The third-order valence-corrected chi connectivity index (χ3v) is 9.19. The largest absolute Gasteiger partial charge is 0.492 e. The van der Waals surface area contributed by atoms with Gasteiger partial charge in [-0.05, 0) is 96.7 Å². The summed E-state index contributed by atoms with van der Waals surface area (Å²) in [6.45, 7) is 4.11. The number of carbonyl (C=O) groups excluding carboxylic acids is 1.